The molecule has 0 fully saturated rings. The van der Waals surface area contributed by atoms with Crippen LogP contribution >= 0.6 is 11.6 Å². The summed E-state index contributed by atoms with van der Waals surface area (Å²) in [5.74, 6) is -3.45. The number of carboxylic acid groups (broad SMARTS) is 1. The Balaban J connectivity index is 0.00000133. The zero-order valence-electron chi connectivity index (χ0n) is 31.8. The number of amides is 2. The molecule has 3 N–H and O–H groups in total. The summed E-state index contributed by atoms with van der Waals surface area (Å²) in [6.45, 7) is 14.1. The van der Waals surface area contributed by atoms with E-state index in [0.29, 0.717) is 34.7 Å². The van der Waals surface area contributed by atoms with Crippen LogP contribution in [0, 0.1) is 6.92 Å². The van der Waals surface area contributed by atoms with Crippen LogP contribution in [0.4, 0.5) is 18.9 Å². The topological polar surface area (TPSA) is 105 Å². The molecular weight excluding hydrogens is 717 g/mol. The van der Waals surface area contributed by atoms with Gasteiger partial charge in [-0.2, -0.15) is 0 Å². The van der Waals surface area contributed by atoms with Gasteiger partial charge in [-0.25, -0.2) is 0 Å². The summed E-state index contributed by atoms with van der Waals surface area (Å²) in [6.07, 6.45) is -1.75. The van der Waals surface area contributed by atoms with Gasteiger partial charge in [-0.1, -0.05) is 92.9 Å². The van der Waals surface area contributed by atoms with Gasteiger partial charge in [0, 0.05) is 22.8 Å². The van der Waals surface area contributed by atoms with Crippen molar-refractivity contribution in [2.75, 3.05) is 11.9 Å². The summed E-state index contributed by atoms with van der Waals surface area (Å²) < 4.78 is 42.6. The number of halogens is 4. The average molecular weight is 767 g/mol. The van der Waals surface area contributed by atoms with Crippen molar-refractivity contribution < 1.29 is 37.4 Å². The first kappa shape index (κ1) is 45.1. The van der Waals surface area contributed by atoms with Crippen molar-refractivity contribution in [1.82, 2.24) is 5.32 Å². The van der Waals surface area contributed by atoms with Gasteiger partial charge >= 0.3 is 12.3 Å². The average Bonchev–Trinajstić information content (AvgIpc) is 3.13. The second-order valence-corrected chi connectivity index (χ2v) is 12.8. The molecule has 11 heteroatoms. The molecule has 4 rings (SSSR count). The van der Waals surface area contributed by atoms with Crippen LogP contribution in [0.5, 0.6) is 5.75 Å². The molecule has 54 heavy (non-hydrogen) atoms. The largest absolute Gasteiger partial charge is 0.573 e. The van der Waals surface area contributed by atoms with Gasteiger partial charge in [0.2, 0.25) is 5.91 Å². The zero-order chi connectivity index (χ0) is 40.4. The first-order chi connectivity index (χ1) is 25.6. The summed E-state index contributed by atoms with van der Waals surface area (Å²) in [6, 6.07) is 24.9. The number of aryl methyl sites for hydroxylation is 1. The van der Waals surface area contributed by atoms with Crippen LogP contribution < -0.4 is 15.4 Å². The van der Waals surface area contributed by atoms with E-state index in [1.54, 1.807) is 36.4 Å². The molecule has 0 saturated carbocycles. The monoisotopic (exact) mass is 766 g/mol. The predicted molar refractivity (Wildman–Crippen MR) is 211 cm³/mol. The summed E-state index contributed by atoms with van der Waals surface area (Å²) in [4.78, 5) is 37.4. The van der Waals surface area contributed by atoms with E-state index in [9.17, 15) is 27.6 Å². The lowest BCUT2D eigenvalue weighted by Gasteiger charge is -2.28. The highest BCUT2D eigenvalue weighted by atomic mass is 35.5. The number of carboxylic acids is 1. The van der Waals surface area contributed by atoms with Crippen molar-refractivity contribution in [3.8, 4) is 16.9 Å². The van der Waals surface area contributed by atoms with Crippen LogP contribution in [0.1, 0.15) is 99.7 Å². The number of anilines is 1. The number of alkyl halides is 3. The minimum absolute atomic E-state index is 0.0229. The number of carbonyl (C=O) groups excluding carboxylic acids is 2. The Kier molecular flexibility index (Phi) is 18.5. The van der Waals surface area contributed by atoms with E-state index in [1.807, 2.05) is 65.0 Å². The van der Waals surface area contributed by atoms with Crippen LogP contribution in [0.25, 0.3) is 11.1 Å². The minimum Gasteiger partial charge on any atom is -0.481 e. The minimum atomic E-state index is -4.86. The molecule has 0 aliphatic heterocycles. The molecule has 2 atom stereocenters. The van der Waals surface area contributed by atoms with E-state index in [1.165, 1.54) is 29.8 Å². The molecule has 0 radical (unpaired) electrons. The molecule has 7 nitrogen and oxygen atoms in total. The molecular formula is C43H50ClF3N2O5. The molecule has 290 valence electrons. The standard InChI is InChI=1S/C36H34ClF3N2O5.C5H10.C2H6/c1-3-4-31(24-5-7-26(8-6-24)34(45)41-20-19-32(43)44)33(25-11-16-29(17-12-25)47-36(38,39)40)35(46)42-28-14-9-23(10-15-28)30-18-13-27(37)21-22(30)2;1-4-5(2)3;1-2/h5-18,21,31,33H,3-4,19-20H2,1-2H3,(H,41,45)(H,42,46)(H,43,44);4H,1-3H3;1-2H3. The maximum atomic E-state index is 14.1. The van der Waals surface area contributed by atoms with Crippen molar-refractivity contribution >= 4 is 35.1 Å². The van der Waals surface area contributed by atoms with Crippen molar-refractivity contribution in [1.29, 1.82) is 0 Å². The number of benzene rings is 4. The van der Waals surface area contributed by atoms with Crippen molar-refractivity contribution in [2.24, 2.45) is 0 Å². The molecule has 0 heterocycles. The van der Waals surface area contributed by atoms with E-state index in [2.05, 4.69) is 35.3 Å². The molecule has 2 unspecified atom stereocenters. The summed E-state index contributed by atoms with van der Waals surface area (Å²) >= 11 is 6.11. The number of hydrogen-bond donors (Lipinski definition) is 3. The van der Waals surface area contributed by atoms with Crippen LogP contribution in [-0.4, -0.2) is 35.8 Å². The number of allylic oxidation sites excluding steroid dienone is 2. The first-order valence-corrected chi connectivity index (χ1v) is 18.2. The van der Waals surface area contributed by atoms with Gasteiger partial charge in [0.1, 0.15) is 5.75 Å². The second kappa shape index (κ2) is 22.2. The lowest BCUT2D eigenvalue weighted by molar-refractivity contribution is -0.274. The number of nitrogens with one attached hydrogen (secondary N) is 2. The molecule has 0 spiro atoms. The normalized spacial score (nSPS) is 11.7. The lowest BCUT2D eigenvalue weighted by atomic mass is 9.78. The van der Waals surface area contributed by atoms with Crippen molar-refractivity contribution in [3.63, 3.8) is 0 Å². The van der Waals surface area contributed by atoms with Gasteiger partial charge in [-0.05, 0) is 116 Å². The summed E-state index contributed by atoms with van der Waals surface area (Å²) in [7, 11) is 0. The van der Waals surface area contributed by atoms with Gasteiger partial charge < -0.3 is 20.5 Å². The first-order valence-electron chi connectivity index (χ1n) is 17.8. The molecule has 2 amide bonds. The maximum Gasteiger partial charge on any atom is 0.573 e. The predicted octanol–water partition coefficient (Wildman–Crippen LogP) is 11.7. The van der Waals surface area contributed by atoms with Gasteiger partial charge in [0.25, 0.3) is 5.91 Å². The van der Waals surface area contributed by atoms with E-state index in [4.69, 9.17) is 16.7 Å². The Morgan fingerprint density at radius 3 is 1.96 bits per heavy atom. The van der Waals surface area contributed by atoms with E-state index >= 15 is 0 Å². The third-order valence-electron chi connectivity index (χ3n) is 8.21. The summed E-state index contributed by atoms with van der Waals surface area (Å²) in [5.41, 5.74) is 6.40. The molecule has 0 aliphatic rings. The molecule has 0 aromatic heterocycles. The molecule has 4 aromatic carbocycles. The van der Waals surface area contributed by atoms with E-state index in [-0.39, 0.29) is 18.9 Å². The Morgan fingerprint density at radius 1 is 0.889 bits per heavy atom. The third-order valence-corrected chi connectivity index (χ3v) is 8.45. The second-order valence-electron chi connectivity index (χ2n) is 12.4. The number of rotatable bonds is 13. The lowest BCUT2D eigenvalue weighted by Crippen LogP contribution is -2.27. The quantitative estimate of drug-likeness (QED) is 0.118. The number of aliphatic carboxylic acids is 1. The van der Waals surface area contributed by atoms with Crippen LogP contribution in [-0.2, 0) is 9.59 Å². The zero-order valence-corrected chi connectivity index (χ0v) is 32.6. The maximum absolute atomic E-state index is 14.1. The Morgan fingerprint density at radius 2 is 1.46 bits per heavy atom. The van der Waals surface area contributed by atoms with Gasteiger partial charge in [0.05, 0.1) is 12.3 Å². The fourth-order valence-corrected chi connectivity index (χ4v) is 5.68. The summed E-state index contributed by atoms with van der Waals surface area (Å²) in [5, 5.41) is 15.0. The number of carbonyl (C=O) groups is 3. The van der Waals surface area contributed by atoms with Gasteiger partial charge in [0.15, 0.2) is 0 Å². The van der Waals surface area contributed by atoms with Gasteiger partial charge in [-0.15, -0.1) is 13.2 Å². The highest BCUT2D eigenvalue weighted by molar-refractivity contribution is 6.30. The van der Waals surface area contributed by atoms with Crippen LogP contribution in [0.2, 0.25) is 5.02 Å². The van der Waals surface area contributed by atoms with Crippen molar-refractivity contribution in [2.45, 2.75) is 85.9 Å². The number of hydrogen-bond acceptors (Lipinski definition) is 4. The Labute approximate surface area is 321 Å². The van der Waals surface area contributed by atoms with E-state index in [0.717, 1.165) is 22.3 Å². The Bertz CT molecular complexity index is 1820. The highest BCUT2D eigenvalue weighted by Gasteiger charge is 2.33. The fourth-order valence-electron chi connectivity index (χ4n) is 5.45. The molecule has 0 aliphatic carbocycles. The molecule has 4 aromatic rings. The fraction of sp³-hybridized carbons (Fsp3) is 0.326. The van der Waals surface area contributed by atoms with E-state index < -0.39 is 35.8 Å². The molecule has 0 bridgehead atoms. The van der Waals surface area contributed by atoms with Crippen molar-refractivity contribution in [3.05, 3.63) is 130 Å². The number of ether oxygens (including phenoxy) is 1. The SMILES string of the molecule is CC.CC=C(C)C.CCCC(c1ccc(C(=O)NCCC(=O)O)cc1)C(C(=O)Nc1ccc(-c2ccc(Cl)cc2C)cc1)c1ccc(OC(F)(F)F)cc1. The Hall–Kier alpha value is -5.09. The highest BCUT2D eigenvalue weighted by Crippen LogP contribution is 2.39. The molecule has 0 saturated heterocycles. The van der Waals surface area contributed by atoms with Gasteiger partial charge in [-0.3, -0.25) is 14.4 Å². The smallest absolute Gasteiger partial charge is 0.481 e. The van der Waals surface area contributed by atoms with Crippen LogP contribution in [0.3, 0.4) is 0 Å². The van der Waals surface area contributed by atoms with Crippen LogP contribution in [0.15, 0.2) is 103 Å². The third kappa shape index (κ3) is 14.7.